The number of hydrogen-bond acceptors (Lipinski definition) is 8. The number of aliphatic imine (C=N–C) groups is 1. The van der Waals surface area contributed by atoms with Crippen LogP contribution in [0.5, 0.6) is 5.88 Å². The summed E-state index contributed by atoms with van der Waals surface area (Å²) in [5.74, 6) is 0.658. The van der Waals surface area contributed by atoms with Gasteiger partial charge in [0.05, 0.1) is 23.5 Å². The molecule has 1 fully saturated rings. The first-order chi connectivity index (χ1) is 17.8. The molecule has 2 amide bonds. The molecule has 200 valence electrons. The monoisotopic (exact) mass is 542 g/mol. The number of carbonyl (C=O) groups excluding carboxylic acids is 2. The van der Waals surface area contributed by atoms with Gasteiger partial charge in [-0.05, 0) is 52.3 Å². The fraction of sp³-hybridized carbons (Fsp3) is 0.423. The molecule has 1 aliphatic heterocycles. The van der Waals surface area contributed by atoms with E-state index in [1.54, 1.807) is 27.7 Å². The van der Waals surface area contributed by atoms with E-state index in [1.165, 1.54) is 30.6 Å². The van der Waals surface area contributed by atoms with Crippen molar-refractivity contribution < 1.29 is 23.1 Å². The van der Waals surface area contributed by atoms with Gasteiger partial charge in [0.25, 0.3) is 5.91 Å². The van der Waals surface area contributed by atoms with Crippen molar-refractivity contribution in [3.05, 3.63) is 47.7 Å². The molecular formula is C26H28F2N6O3S. The predicted octanol–water partition coefficient (Wildman–Crippen LogP) is 3.17. The van der Waals surface area contributed by atoms with Crippen LogP contribution in [-0.2, 0) is 10.3 Å². The molecule has 1 aliphatic carbocycles. The van der Waals surface area contributed by atoms with Crippen molar-refractivity contribution >= 4 is 34.4 Å². The Bertz CT molecular complexity index is 1350. The van der Waals surface area contributed by atoms with Crippen LogP contribution in [0.4, 0.5) is 14.5 Å². The summed E-state index contributed by atoms with van der Waals surface area (Å²) < 4.78 is 32.9. The summed E-state index contributed by atoms with van der Waals surface area (Å²) >= 11 is 1.11. The van der Waals surface area contributed by atoms with Crippen LogP contribution in [0.3, 0.4) is 0 Å². The summed E-state index contributed by atoms with van der Waals surface area (Å²) in [6.07, 6.45) is 7.66. The normalized spacial score (nSPS) is 24.8. The zero-order valence-electron chi connectivity index (χ0n) is 21.3. The van der Waals surface area contributed by atoms with Crippen LogP contribution in [0.15, 0.2) is 35.6 Å². The van der Waals surface area contributed by atoms with Crippen LogP contribution in [-0.4, -0.2) is 50.0 Å². The number of ether oxygens (including phenoxy) is 1. The summed E-state index contributed by atoms with van der Waals surface area (Å²) in [6, 6.07) is 4.08. The Labute approximate surface area is 223 Å². The van der Waals surface area contributed by atoms with Gasteiger partial charge in [0.1, 0.15) is 22.9 Å². The van der Waals surface area contributed by atoms with E-state index in [4.69, 9.17) is 16.9 Å². The molecule has 0 bridgehead atoms. The molecule has 4 rings (SSSR count). The number of amidine groups is 1. The minimum atomic E-state index is -1.19. The van der Waals surface area contributed by atoms with Crippen LogP contribution in [0.2, 0.25) is 0 Å². The molecule has 4 N–H and O–H groups in total. The van der Waals surface area contributed by atoms with Gasteiger partial charge in [0, 0.05) is 17.2 Å². The Kier molecular flexibility index (Phi) is 7.09. The summed E-state index contributed by atoms with van der Waals surface area (Å²) in [4.78, 5) is 38.5. The molecule has 9 nitrogen and oxygen atoms in total. The highest BCUT2D eigenvalue weighted by atomic mass is 32.2. The molecule has 0 radical (unpaired) electrons. The van der Waals surface area contributed by atoms with Gasteiger partial charge in [-0.3, -0.25) is 14.6 Å². The van der Waals surface area contributed by atoms with Gasteiger partial charge >= 0.3 is 0 Å². The number of hydrogen-bond donors (Lipinski definition) is 3. The van der Waals surface area contributed by atoms with Crippen molar-refractivity contribution in [2.75, 3.05) is 12.0 Å². The third-order valence-corrected chi connectivity index (χ3v) is 7.85. The standard InChI is InChI=1S/C26H28F2N6O3S/c1-6-14(2)37-20-12-30-18(11-31-20)21(35)32-15-7-8-17(28)16(9-15)25(5)19-10-26(19,38-23(29)34-25)22(36)33-24(3,4)13-27/h1,7-9,11-12,14,19H,10,13H2,2-5H3,(H2,29,34)(H,32,35)(H,33,36)/t14?,19-,25+,26-/m0/s1. The van der Waals surface area contributed by atoms with Crippen LogP contribution >= 0.6 is 11.8 Å². The van der Waals surface area contributed by atoms with E-state index in [1.807, 2.05) is 0 Å². The number of nitrogens with one attached hydrogen (secondary N) is 2. The van der Waals surface area contributed by atoms with Gasteiger partial charge in [0.2, 0.25) is 11.8 Å². The number of alkyl halides is 1. The largest absolute Gasteiger partial charge is 0.460 e. The minimum Gasteiger partial charge on any atom is -0.460 e. The van der Waals surface area contributed by atoms with E-state index in [0.717, 1.165) is 11.8 Å². The van der Waals surface area contributed by atoms with E-state index < -0.39 is 46.2 Å². The molecule has 1 aromatic carbocycles. The number of anilines is 1. The smallest absolute Gasteiger partial charge is 0.275 e. The van der Waals surface area contributed by atoms with E-state index in [2.05, 4.69) is 31.5 Å². The first kappa shape index (κ1) is 27.3. The Balaban J connectivity index is 1.56. The molecule has 2 aromatic rings. The maximum Gasteiger partial charge on any atom is 0.275 e. The first-order valence-electron chi connectivity index (χ1n) is 11.8. The van der Waals surface area contributed by atoms with Crippen LogP contribution < -0.4 is 21.1 Å². The van der Waals surface area contributed by atoms with Gasteiger partial charge < -0.3 is 21.1 Å². The lowest BCUT2D eigenvalue weighted by Gasteiger charge is -2.35. The number of benzene rings is 1. The van der Waals surface area contributed by atoms with Gasteiger partial charge in [-0.2, -0.15) is 0 Å². The predicted molar refractivity (Wildman–Crippen MR) is 141 cm³/mol. The Morgan fingerprint density at radius 2 is 2.11 bits per heavy atom. The topological polar surface area (TPSA) is 132 Å². The number of fused-ring (bicyclic) bond motifs is 1. The molecule has 12 heteroatoms. The van der Waals surface area contributed by atoms with Crippen molar-refractivity contribution in [1.82, 2.24) is 15.3 Å². The van der Waals surface area contributed by atoms with Crippen LogP contribution in [0.1, 0.15) is 50.2 Å². The molecular weight excluding hydrogens is 514 g/mol. The zero-order valence-corrected chi connectivity index (χ0v) is 22.2. The Hall–Kier alpha value is -3.72. The number of terminal acetylenes is 1. The highest BCUT2D eigenvalue weighted by Crippen LogP contribution is 2.66. The average Bonchev–Trinajstić information content (AvgIpc) is 3.62. The van der Waals surface area contributed by atoms with Crippen molar-refractivity contribution in [3.63, 3.8) is 0 Å². The van der Waals surface area contributed by atoms with E-state index in [0.29, 0.717) is 6.42 Å². The summed E-state index contributed by atoms with van der Waals surface area (Å²) in [5.41, 5.74) is 4.33. The lowest BCUT2D eigenvalue weighted by Crippen LogP contribution is -2.52. The molecule has 38 heavy (non-hydrogen) atoms. The molecule has 0 saturated heterocycles. The number of rotatable bonds is 8. The summed E-state index contributed by atoms with van der Waals surface area (Å²) in [5, 5.41) is 5.53. The summed E-state index contributed by atoms with van der Waals surface area (Å²) in [7, 11) is 0. The molecule has 1 saturated carbocycles. The average molecular weight is 543 g/mol. The van der Waals surface area contributed by atoms with E-state index in [9.17, 15) is 14.0 Å². The van der Waals surface area contributed by atoms with Crippen LogP contribution in [0, 0.1) is 24.1 Å². The highest BCUT2D eigenvalue weighted by Gasteiger charge is 2.71. The number of aromatic nitrogens is 2. The lowest BCUT2D eigenvalue weighted by atomic mass is 9.85. The quantitative estimate of drug-likeness (QED) is 0.437. The first-order valence-corrected chi connectivity index (χ1v) is 12.6. The number of nitrogens with two attached hydrogens (primary N) is 1. The second-order valence-electron chi connectivity index (χ2n) is 10.1. The molecule has 4 atom stereocenters. The molecule has 0 spiro atoms. The van der Waals surface area contributed by atoms with Gasteiger partial charge in [-0.15, -0.1) is 6.42 Å². The SMILES string of the molecule is C#CC(C)Oc1cnc(C(=O)Nc2ccc(F)c([C@@]3(C)N=C(N)S[C@@]4(C(=O)NC(C)(C)CF)C[C@H]43)c2)cn1. The maximum absolute atomic E-state index is 15.2. The van der Waals surface area contributed by atoms with E-state index in [-0.39, 0.29) is 33.9 Å². The van der Waals surface area contributed by atoms with E-state index >= 15 is 4.39 Å². The van der Waals surface area contributed by atoms with Crippen molar-refractivity contribution in [2.24, 2.45) is 16.6 Å². The van der Waals surface area contributed by atoms with Crippen molar-refractivity contribution in [3.8, 4) is 18.2 Å². The zero-order chi connectivity index (χ0) is 27.9. The van der Waals surface area contributed by atoms with Crippen LogP contribution in [0.25, 0.3) is 0 Å². The molecule has 1 unspecified atom stereocenters. The van der Waals surface area contributed by atoms with Gasteiger partial charge in [-0.25, -0.2) is 18.7 Å². The minimum absolute atomic E-state index is 0.00693. The van der Waals surface area contributed by atoms with Crippen molar-refractivity contribution in [2.45, 2.75) is 56.0 Å². The second-order valence-corrected chi connectivity index (χ2v) is 11.5. The second kappa shape index (κ2) is 9.87. The fourth-order valence-corrected chi connectivity index (χ4v) is 5.79. The number of carbonyl (C=O) groups is 2. The third kappa shape index (κ3) is 5.15. The number of halogens is 2. The maximum atomic E-state index is 15.2. The number of nitrogens with zero attached hydrogens (tertiary/aromatic N) is 3. The Morgan fingerprint density at radius 3 is 2.74 bits per heavy atom. The fourth-order valence-electron chi connectivity index (χ4n) is 4.41. The number of thioether (sulfide) groups is 1. The Morgan fingerprint density at radius 1 is 1.37 bits per heavy atom. The van der Waals surface area contributed by atoms with Crippen molar-refractivity contribution in [1.29, 1.82) is 0 Å². The molecule has 2 aliphatic rings. The van der Waals surface area contributed by atoms with Gasteiger partial charge in [-0.1, -0.05) is 17.7 Å². The van der Waals surface area contributed by atoms with Gasteiger partial charge in [0.15, 0.2) is 11.3 Å². The molecule has 2 heterocycles. The molecule has 1 aromatic heterocycles. The lowest BCUT2D eigenvalue weighted by molar-refractivity contribution is -0.123. The number of amides is 2. The summed E-state index contributed by atoms with van der Waals surface area (Å²) in [6.45, 7) is 5.78. The third-order valence-electron chi connectivity index (χ3n) is 6.55. The highest BCUT2D eigenvalue weighted by molar-refractivity contribution is 8.15.